The first-order valence-electron chi connectivity index (χ1n) is 1.34. The van der Waals surface area contributed by atoms with Gasteiger partial charge in [0.1, 0.15) is 0 Å². The lowest BCUT2D eigenvalue weighted by atomic mass is 11.8. The molecular formula is CHCl3FO2P. The third-order valence-corrected chi connectivity index (χ3v) is 2.81. The van der Waals surface area contributed by atoms with Crippen molar-refractivity contribution in [3.8, 4) is 0 Å². The van der Waals surface area contributed by atoms with Crippen molar-refractivity contribution >= 4 is 42.5 Å². The van der Waals surface area contributed by atoms with Crippen molar-refractivity contribution in [1.29, 1.82) is 0 Å². The SMILES string of the molecule is O=P(O)(F)C(Cl)(Cl)Cl. The van der Waals surface area contributed by atoms with Gasteiger partial charge in [-0.2, -0.15) is 4.20 Å². The Balaban J connectivity index is 4.26. The quantitative estimate of drug-likeness (QED) is 0.483. The van der Waals surface area contributed by atoms with Gasteiger partial charge in [0, 0.05) is 0 Å². The monoisotopic (exact) mass is 200 g/mol. The molecule has 7 heteroatoms. The van der Waals surface area contributed by atoms with Crippen LogP contribution in [0, 0.1) is 0 Å². The summed E-state index contributed by atoms with van der Waals surface area (Å²) in [6, 6.07) is 0. The first kappa shape index (κ1) is 8.99. The van der Waals surface area contributed by atoms with E-state index >= 15 is 0 Å². The van der Waals surface area contributed by atoms with Gasteiger partial charge in [0.2, 0.25) is 0 Å². The highest BCUT2D eigenvalue weighted by Gasteiger charge is 2.43. The van der Waals surface area contributed by atoms with Crippen LogP contribution in [0.4, 0.5) is 4.20 Å². The van der Waals surface area contributed by atoms with Gasteiger partial charge in [-0.05, 0) is 0 Å². The fraction of sp³-hybridized carbons (Fsp3) is 1.00. The van der Waals surface area contributed by atoms with Crippen molar-refractivity contribution in [1.82, 2.24) is 0 Å². The normalized spacial score (nSPS) is 20.1. The highest BCUT2D eigenvalue weighted by atomic mass is 35.6. The Bertz CT molecular complexity index is 124. The summed E-state index contributed by atoms with van der Waals surface area (Å²) in [6.45, 7) is 0. The second-order valence-electron chi connectivity index (χ2n) is 0.970. The number of alkyl halides is 3. The minimum atomic E-state index is -5.05. The predicted molar refractivity (Wildman–Crippen MR) is 31.2 cm³/mol. The number of halogens is 4. The first-order valence-corrected chi connectivity index (χ1v) is 4.03. The van der Waals surface area contributed by atoms with Crippen LogP contribution >= 0.6 is 42.5 Å². The van der Waals surface area contributed by atoms with Crippen molar-refractivity contribution in [3.63, 3.8) is 0 Å². The molecule has 0 aromatic heterocycles. The molecule has 1 unspecified atom stereocenters. The van der Waals surface area contributed by atoms with E-state index < -0.39 is 11.2 Å². The van der Waals surface area contributed by atoms with Gasteiger partial charge in [-0.1, -0.05) is 34.8 Å². The Morgan fingerprint density at radius 3 is 1.62 bits per heavy atom. The molecule has 8 heavy (non-hydrogen) atoms. The highest BCUT2D eigenvalue weighted by molar-refractivity contribution is 7.61. The van der Waals surface area contributed by atoms with Crippen LogP contribution in [0.15, 0.2) is 0 Å². The van der Waals surface area contributed by atoms with E-state index in [2.05, 4.69) is 34.8 Å². The molecule has 0 aliphatic carbocycles. The summed E-state index contributed by atoms with van der Waals surface area (Å²) in [5.74, 6) is 0. The maximum absolute atomic E-state index is 11.6. The molecule has 0 radical (unpaired) electrons. The second kappa shape index (κ2) is 2.31. The zero-order valence-electron chi connectivity index (χ0n) is 3.31. The van der Waals surface area contributed by atoms with Gasteiger partial charge in [0.05, 0.1) is 0 Å². The van der Waals surface area contributed by atoms with Crippen LogP contribution < -0.4 is 0 Å². The van der Waals surface area contributed by atoms with Gasteiger partial charge >= 0.3 is 7.68 Å². The van der Waals surface area contributed by atoms with E-state index in [1.165, 1.54) is 0 Å². The van der Waals surface area contributed by atoms with E-state index in [-0.39, 0.29) is 0 Å². The molecule has 0 aliphatic rings. The lowest BCUT2D eigenvalue weighted by molar-refractivity contribution is 0.429. The molecule has 0 aromatic carbocycles. The van der Waals surface area contributed by atoms with Gasteiger partial charge in [-0.3, -0.25) is 4.57 Å². The topological polar surface area (TPSA) is 37.3 Å². The zero-order chi connectivity index (χ0) is 7.00. The third kappa shape index (κ3) is 2.51. The van der Waals surface area contributed by atoms with Gasteiger partial charge in [0.25, 0.3) is 3.53 Å². The molecule has 2 nitrogen and oxygen atoms in total. The summed E-state index contributed by atoms with van der Waals surface area (Å²) >= 11 is 14.0. The van der Waals surface area contributed by atoms with E-state index in [1.54, 1.807) is 0 Å². The van der Waals surface area contributed by atoms with Crippen LogP contribution in [0.5, 0.6) is 0 Å². The first-order chi connectivity index (χ1) is 3.25. The van der Waals surface area contributed by atoms with Gasteiger partial charge in [0.15, 0.2) is 0 Å². The number of hydrogen-bond acceptors (Lipinski definition) is 1. The number of rotatable bonds is 0. The van der Waals surface area contributed by atoms with Crippen LogP contribution in [0.25, 0.3) is 0 Å². The summed E-state index contributed by atoms with van der Waals surface area (Å²) in [7, 11) is -5.05. The van der Waals surface area contributed by atoms with Crippen molar-refractivity contribution in [3.05, 3.63) is 0 Å². The molecule has 0 aromatic rings. The maximum atomic E-state index is 11.6. The Kier molecular flexibility index (Phi) is 2.60. The Labute approximate surface area is 60.1 Å². The zero-order valence-corrected chi connectivity index (χ0v) is 6.48. The van der Waals surface area contributed by atoms with E-state index in [1.807, 2.05) is 0 Å². The summed E-state index contributed by atoms with van der Waals surface area (Å²) < 4.78 is 18.6. The Morgan fingerprint density at radius 1 is 1.50 bits per heavy atom. The van der Waals surface area contributed by atoms with Crippen molar-refractivity contribution < 1.29 is 13.7 Å². The molecule has 0 saturated heterocycles. The maximum Gasteiger partial charge on any atom is 0.415 e. The lowest BCUT2D eigenvalue weighted by Gasteiger charge is -2.08. The lowest BCUT2D eigenvalue weighted by Crippen LogP contribution is -1.97. The average molecular weight is 201 g/mol. The molecule has 0 fully saturated rings. The Morgan fingerprint density at radius 2 is 1.62 bits per heavy atom. The third-order valence-electron chi connectivity index (χ3n) is 0.313. The van der Waals surface area contributed by atoms with E-state index in [0.717, 1.165) is 0 Å². The molecule has 0 spiro atoms. The molecule has 0 amide bonds. The summed E-state index contributed by atoms with van der Waals surface area (Å²) in [5, 5.41) is 0. The standard InChI is InChI=1S/CHCl3FO2P/c2-1(3,4)8(5,6)7/h(H,6,7). The molecule has 1 atom stereocenters. The second-order valence-corrected chi connectivity index (χ2v) is 5.72. The van der Waals surface area contributed by atoms with Crippen LogP contribution in [0.2, 0.25) is 0 Å². The minimum absolute atomic E-state index is 2.70. The molecule has 0 bridgehead atoms. The molecule has 50 valence electrons. The highest BCUT2D eigenvalue weighted by Crippen LogP contribution is 2.63. The molecular weight excluding hydrogens is 200 g/mol. The summed E-state index contributed by atoms with van der Waals surface area (Å²) in [6.07, 6.45) is 0. The van der Waals surface area contributed by atoms with E-state index in [4.69, 9.17) is 4.89 Å². The van der Waals surface area contributed by atoms with Crippen LogP contribution in [-0.4, -0.2) is 8.43 Å². The van der Waals surface area contributed by atoms with Crippen LogP contribution in [-0.2, 0) is 4.57 Å². The smallest absolute Gasteiger partial charge is 0.318 e. The predicted octanol–water partition coefficient (Wildman–Crippen LogP) is 2.47. The minimum Gasteiger partial charge on any atom is -0.318 e. The van der Waals surface area contributed by atoms with Crippen molar-refractivity contribution in [2.45, 2.75) is 3.53 Å². The largest absolute Gasteiger partial charge is 0.415 e. The molecule has 0 rings (SSSR count). The van der Waals surface area contributed by atoms with Crippen LogP contribution in [0.3, 0.4) is 0 Å². The average Bonchev–Trinajstić information content (AvgIpc) is 1.25. The number of hydrogen-bond donors (Lipinski definition) is 1. The molecule has 0 saturated carbocycles. The fourth-order valence-electron chi connectivity index (χ4n) is 0. The molecule has 1 N–H and O–H groups in total. The summed E-state index contributed by atoms with van der Waals surface area (Å²) in [5.41, 5.74) is 0. The summed E-state index contributed by atoms with van der Waals surface area (Å²) in [4.78, 5) is 7.85. The molecule has 0 aliphatic heterocycles. The van der Waals surface area contributed by atoms with Crippen molar-refractivity contribution in [2.24, 2.45) is 0 Å². The fourth-order valence-corrected chi connectivity index (χ4v) is 0. The van der Waals surface area contributed by atoms with E-state index in [0.29, 0.717) is 0 Å². The van der Waals surface area contributed by atoms with Gasteiger partial charge in [-0.15, -0.1) is 0 Å². The molecule has 0 heterocycles. The van der Waals surface area contributed by atoms with Gasteiger partial charge < -0.3 is 4.89 Å². The van der Waals surface area contributed by atoms with Gasteiger partial charge in [-0.25, -0.2) is 0 Å². The Hall–Kier alpha value is 0.990. The van der Waals surface area contributed by atoms with Crippen molar-refractivity contribution in [2.75, 3.05) is 0 Å². The van der Waals surface area contributed by atoms with E-state index in [9.17, 15) is 8.76 Å². The van der Waals surface area contributed by atoms with Crippen LogP contribution in [0.1, 0.15) is 0 Å².